The van der Waals surface area contributed by atoms with Crippen molar-refractivity contribution in [1.29, 1.82) is 0 Å². The lowest BCUT2D eigenvalue weighted by Gasteiger charge is -2.07. The fourth-order valence-electron chi connectivity index (χ4n) is 2.50. The van der Waals surface area contributed by atoms with Gasteiger partial charge in [-0.1, -0.05) is 29.8 Å². The van der Waals surface area contributed by atoms with Crippen molar-refractivity contribution in [3.8, 4) is 11.5 Å². The van der Waals surface area contributed by atoms with Gasteiger partial charge < -0.3 is 4.42 Å². The molecule has 3 rings (SSSR count). The standard InChI is InChI=1S/C16H15NO/c1-10-8-11(2)15(12(3)9-10)16-17-13-6-4-5-7-14(13)18-16/h4-9H,1-3H3. The molecule has 18 heavy (non-hydrogen) atoms. The molecule has 0 N–H and O–H groups in total. The lowest BCUT2D eigenvalue weighted by Crippen LogP contribution is -1.89. The number of rotatable bonds is 1. The number of nitrogens with zero attached hydrogens (tertiary/aromatic N) is 1. The summed E-state index contributed by atoms with van der Waals surface area (Å²) in [6.45, 7) is 6.31. The molecule has 0 saturated carbocycles. The van der Waals surface area contributed by atoms with Crippen LogP contribution >= 0.6 is 0 Å². The normalized spacial score (nSPS) is 11.1. The molecule has 0 aliphatic heterocycles. The number of hydrogen-bond donors (Lipinski definition) is 0. The van der Waals surface area contributed by atoms with Crippen LogP contribution in [0.5, 0.6) is 0 Å². The molecule has 0 bridgehead atoms. The molecule has 2 heteroatoms. The predicted molar refractivity (Wildman–Crippen MR) is 73.7 cm³/mol. The SMILES string of the molecule is Cc1cc(C)c(-c2nc3ccccc3o2)c(C)c1. The molecule has 1 heterocycles. The van der Waals surface area contributed by atoms with Crippen LogP contribution in [0.3, 0.4) is 0 Å². The Hall–Kier alpha value is -2.09. The molecular formula is C16H15NO. The molecule has 1 aromatic heterocycles. The van der Waals surface area contributed by atoms with E-state index >= 15 is 0 Å². The number of aryl methyl sites for hydroxylation is 3. The second kappa shape index (κ2) is 3.98. The average Bonchev–Trinajstić information content (AvgIpc) is 2.70. The van der Waals surface area contributed by atoms with Gasteiger partial charge in [-0.25, -0.2) is 4.98 Å². The summed E-state index contributed by atoms with van der Waals surface area (Å²) >= 11 is 0. The molecule has 2 aromatic carbocycles. The minimum Gasteiger partial charge on any atom is -0.436 e. The lowest BCUT2D eigenvalue weighted by atomic mass is 10.00. The second-order valence-corrected chi connectivity index (χ2v) is 4.76. The number of fused-ring (bicyclic) bond motifs is 1. The largest absolute Gasteiger partial charge is 0.436 e. The lowest BCUT2D eigenvalue weighted by molar-refractivity contribution is 0.618. The smallest absolute Gasteiger partial charge is 0.227 e. The maximum absolute atomic E-state index is 5.84. The van der Waals surface area contributed by atoms with Gasteiger partial charge in [0.05, 0.1) is 0 Å². The van der Waals surface area contributed by atoms with Gasteiger partial charge >= 0.3 is 0 Å². The maximum atomic E-state index is 5.84. The highest BCUT2D eigenvalue weighted by Crippen LogP contribution is 2.30. The quantitative estimate of drug-likeness (QED) is 0.626. The molecule has 0 aliphatic rings. The third kappa shape index (κ3) is 1.70. The average molecular weight is 237 g/mol. The molecule has 90 valence electrons. The van der Waals surface area contributed by atoms with E-state index in [1.54, 1.807) is 0 Å². The first-order valence-electron chi connectivity index (χ1n) is 6.09. The molecule has 3 aromatic rings. The van der Waals surface area contributed by atoms with Crippen LogP contribution in [0.4, 0.5) is 0 Å². The van der Waals surface area contributed by atoms with E-state index in [0.29, 0.717) is 5.89 Å². The zero-order chi connectivity index (χ0) is 12.7. The Morgan fingerprint density at radius 2 is 1.61 bits per heavy atom. The Morgan fingerprint density at radius 1 is 0.944 bits per heavy atom. The van der Waals surface area contributed by atoms with E-state index in [1.807, 2.05) is 24.3 Å². The van der Waals surface area contributed by atoms with Gasteiger partial charge in [-0.2, -0.15) is 0 Å². The molecule has 2 nitrogen and oxygen atoms in total. The highest BCUT2D eigenvalue weighted by atomic mass is 16.3. The first-order chi connectivity index (χ1) is 8.65. The van der Waals surface area contributed by atoms with Crippen molar-refractivity contribution >= 4 is 11.1 Å². The van der Waals surface area contributed by atoms with Gasteiger partial charge in [0.1, 0.15) is 5.52 Å². The van der Waals surface area contributed by atoms with Gasteiger partial charge in [0, 0.05) is 5.56 Å². The summed E-state index contributed by atoms with van der Waals surface area (Å²) in [5, 5.41) is 0. The molecule has 0 aliphatic carbocycles. The zero-order valence-corrected chi connectivity index (χ0v) is 10.8. The van der Waals surface area contributed by atoms with Crippen molar-refractivity contribution < 1.29 is 4.42 Å². The molecule has 0 unspecified atom stereocenters. The number of para-hydroxylation sites is 2. The van der Waals surface area contributed by atoms with E-state index in [9.17, 15) is 0 Å². The molecule has 0 amide bonds. The molecule has 0 spiro atoms. The molecule has 0 fully saturated rings. The maximum Gasteiger partial charge on any atom is 0.227 e. The van der Waals surface area contributed by atoms with E-state index in [4.69, 9.17) is 4.42 Å². The summed E-state index contributed by atoms with van der Waals surface area (Å²) in [6, 6.07) is 12.2. The van der Waals surface area contributed by atoms with E-state index in [-0.39, 0.29) is 0 Å². The first-order valence-corrected chi connectivity index (χ1v) is 6.09. The van der Waals surface area contributed by atoms with Crippen LogP contribution in [0.2, 0.25) is 0 Å². The molecular weight excluding hydrogens is 222 g/mol. The summed E-state index contributed by atoms with van der Waals surface area (Å²) in [4.78, 5) is 4.57. The molecule has 0 saturated heterocycles. The monoisotopic (exact) mass is 237 g/mol. The molecule has 0 atom stereocenters. The van der Waals surface area contributed by atoms with Crippen LogP contribution in [0, 0.1) is 20.8 Å². The van der Waals surface area contributed by atoms with Crippen molar-refractivity contribution in [2.75, 3.05) is 0 Å². The molecule has 0 radical (unpaired) electrons. The summed E-state index contributed by atoms with van der Waals surface area (Å²) in [5.41, 5.74) is 6.54. The third-order valence-electron chi connectivity index (χ3n) is 3.18. The third-order valence-corrected chi connectivity index (χ3v) is 3.18. The summed E-state index contributed by atoms with van der Waals surface area (Å²) in [6.07, 6.45) is 0. The highest BCUT2D eigenvalue weighted by molar-refractivity contribution is 5.77. The summed E-state index contributed by atoms with van der Waals surface area (Å²) in [5.74, 6) is 0.714. The van der Waals surface area contributed by atoms with Gasteiger partial charge in [0.15, 0.2) is 5.58 Å². The fourth-order valence-corrected chi connectivity index (χ4v) is 2.50. The van der Waals surface area contributed by atoms with Gasteiger partial charge in [-0.05, 0) is 44.0 Å². The number of benzene rings is 2. The minimum atomic E-state index is 0.714. The van der Waals surface area contributed by atoms with E-state index < -0.39 is 0 Å². The topological polar surface area (TPSA) is 26.0 Å². The van der Waals surface area contributed by atoms with Crippen molar-refractivity contribution in [3.05, 3.63) is 53.1 Å². The van der Waals surface area contributed by atoms with Crippen molar-refractivity contribution in [3.63, 3.8) is 0 Å². The van der Waals surface area contributed by atoms with Crippen LogP contribution in [0.1, 0.15) is 16.7 Å². The number of hydrogen-bond acceptors (Lipinski definition) is 2. The summed E-state index contributed by atoms with van der Waals surface area (Å²) in [7, 11) is 0. The Morgan fingerprint density at radius 3 is 2.28 bits per heavy atom. The first kappa shape index (κ1) is 11.0. The van der Waals surface area contributed by atoms with Gasteiger partial charge in [0.2, 0.25) is 5.89 Å². The zero-order valence-electron chi connectivity index (χ0n) is 10.8. The Balaban J connectivity index is 2.26. The Labute approximate surface area is 106 Å². The van der Waals surface area contributed by atoms with Crippen molar-refractivity contribution in [2.24, 2.45) is 0 Å². The van der Waals surface area contributed by atoms with Gasteiger partial charge in [-0.3, -0.25) is 0 Å². The Kier molecular flexibility index (Phi) is 2.44. The number of oxazole rings is 1. The van der Waals surface area contributed by atoms with Crippen molar-refractivity contribution in [1.82, 2.24) is 4.98 Å². The van der Waals surface area contributed by atoms with Crippen LogP contribution < -0.4 is 0 Å². The minimum absolute atomic E-state index is 0.714. The number of aromatic nitrogens is 1. The van der Waals surface area contributed by atoms with Gasteiger partial charge in [-0.15, -0.1) is 0 Å². The van der Waals surface area contributed by atoms with Crippen LogP contribution in [0.15, 0.2) is 40.8 Å². The summed E-state index contributed by atoms with van der Waals surface area (Å²) < 4.78 is 5.84. The predicted octanol–water partition coefficient (Wildman–Crippen LogP) is 4.42. The van der Waals surface area contributed by atoms with E-state index in [1.165, 1.54) is 16.7 Å². The Bertz CT molecular complexity index is 669. The van der Waals surface area contributed by atoms with E-state index in [2.05, 4.69) is 37.9 Å². The van der Waals surface area contributed by atoms with Crippen LogP contribution in [0.25, 0.3) is 22.6 Å². The van der Waals surface area contributed by atoms with Crippen LogP contribution in [-0.4, -0.2) is 4.98 Å². The van der Waals surface area contributed by atoms with E-state index in [0.717, 1.165) is 16.7 Å². The van der Waals surface area contributed by atoms with Gasteiger partial charge in [0.25, 0.3) is 0 Å². The second-order valence-electron chi connectivity index (χ2n) is 4.76. The fraction of sp³-hybridized carbons (Fsp3) is 0.188. The van der Waals surface area contributed by atoms with Crippen molar-refractivity contribution in [2.45, 2.75) is 20.8 Å². The van der Waals surface area contributed by atoms with Crippen LogP contribution in [-0.2, 0) is 0 Å². The highest BCUT2D eigenvalue weighted by Gasteiger charge is 2.13.